The SMILES string of the molecule is CCNC(=NCCN1CCOCC1)N1CCC2(CCCC2)C1. The lowest BCUT2D eigenvalue weighted by Crippen LogP contribution is -2.42. The van der Waals surface area contributed by atoms with Gasteiger partial charge in [-0.05, 0) is 31.6 Å². The van der Waals surface area contributed by atoms with Gasteiger partial charge in [0.1, 0.15) is 0 Å². The molecular weight excluding hydrogens is 276 g/mol. The first-order valence-corrected chi connectivity index (χ1v) is 9.15. The first-order valence-electron chi connectivity index (χ1n) is 9.15. The van der Waals surface area contributed by atoms with Gasteiger partial charge >= 0.3 is 0 Å². The summed E-state index contributed by atoms with van der Waals surface area (Å²) in [7, 11) is 0. The van der Waals surface area contributed by atoms with Gasteiger partial charge in [0.05, 0.1) is 19.8 Å². The van der Waals surface area contributed by atoms with Crippen molar-refractivity contribution >= 4 is 5.96 Å². The van der Waals surface area contributed by atoms with Crippen LogP contribution in [0.2, 0.25) is 0 Å². The molecule has 1 saturated carbocycles. The molecule has 2 saturated heterocycles. The van der Waals surface area contributed by atoms with Gasteiger partial charge in [0.2, 0.25) is 0 Å². The zero-order valence-electron chi connectivity index (χ0n) is 14.1. The molecule has 0 amide bonds. The van der Waals surface area contributed by atoms with Gasteiger partial charge in [0, 0.05) is 39.3 Å². The Kier molecular flexibility index (Phi) is 5.58. The van der Waals surface area contributed by atoms with Crippen molar-refractivity contribution in [3.05, 3.63) is 0 Å². The number of guanidine groups is 1. The van der Waals surface area contributed by atoms with E-state index in [1.54, 1.807) is 0 Å². The Balaban J connectivity index is 1.51. The van der Waals surface area contributed by atoms with E-state index in [9.17, 15) is 0 Å². The first kappa shape index (κ1) is 16.1. The van der Waals surface area contributed by atoms with Crippen LogP contribution in [0.15, 0.2) is 4.99 Å². The van der Waals surface area contributed by atoms with Crippen LogP contribution in [0.3, 0.4) is 0 Å². The normalized spacial score (nSPS) is 26.0. The number of hydrogen-bond acceptors (Lipinski definition) is 3. The van der Waals surface area contributed by atoms with Gasteiger partial charge < -0.3 is 15.0 Å². The number of likely N-dealkylation sites (tertiary alicyclic amines) is 1. The summed E-state index contributed by atoms with van der Waals surface area (Å²) in [6.45, 7) is 11.3. The maximum absolute atomic E-state index is 5.40. The van der Waals surface area contributed by atoms with Crippen LogP contribution in [0.1, 0.15) is 39.0 Å². The number of nitrogens with one attached hydrogen (secondary N) is 1. The average molecular weight is 308 g/mol. The van der Waals surface area contributed by atoms with E-state index in [0.29, 0.717) is 5.41 Å². The van der Waals surface area contributed by atoms with Crippen molar-refractivity contribution in [2.75, 3.05) is 59.0 Å². The molecular formula is C17H32N4O. The Labute approximate surface area is 135 Å². The largest absolute Gasteiger partial charge is 0.379 e. The first-order chi connectivity index (χ1) is 10.8. The van der Waals surface area contributed by atoms with E-state index in [-0.39, 0.29) is 0 Å². The summed E-state index contributed by atoms with van der Waals surface area (Å²) in [4.78, 5) is 9.86. The fourth-order valence-corrected chi connectivity index (χ4v) is 4.20. The van der Waals surface area contributed by atoms with E-state index >= 15 is 0 Å². The molecule has 0 aromatic carbocycles. The molecule has 1 spiro atoms. The molecule has 0 aromatic heterocycles. The second-order valence-electron chi connectivity index (χ2n) is 7.07. The van der Waals surface area contributed by atoms with E-state index in [0.717, 1.165) is 51.9 Å². The van der Waals surface area contributed by atoms with Crippen molar-refractivity contribution < 1.29 is 4.74 Å². The quantitative estimate of drug-likeness (QED) is 0.632. The smallest absolute Gasteiger partial charge is 0.193 e. The van der Waals surface area contributed by atoms with Crippen LogP contribution in [0.4, 0.5) is 0 Å². The van der Waals surface area contributed by atoms with Crippen molar-refractivity contribution in [3.63, 3.8) is 0 Å². The number of rotatable bonds is 4. The summed E-state index contributed by atoms with van der Waals surface area (Å²) in [6, 6.07) is 0. The number of hydrogen-bond donors (Lipinski definition) is 1. The number of ether oxygens (including phenoxy) is 1. The molecule has 3 rings (SSSR count). The van der Waals surface area contributed by atoms with Crippen molar-refractivity contribution in [2.45, 2.75) is 39.0 Å². The monoisotopic (exact) mass is 308 g/mol. The molecule has 0 radical (unpaired) electrons. The van der Waals surface area contributed by atoms with Gasteiger partial charge in [-0.15, -0.1) is 0 Å². The lowest BCUT2D eigenvalue weighted by molar-refractivity contribution is 0.0394. The molecule has 0 atom stereocenters. The molecule has 3 fully saturated rings. The third-order valence-electron chi connectivity index (χ3n) is 5.52. The number of morpholine rings is 1. The van der Waals surface area contributed by atoms with Gasteiger partial charge in [0.15, 0.2) is 5.96 Å². The Morgan fingerprint density at radius 3 is 2.64 bits per heavy atom. The molecule has 5 heteroatoms. The molecule has 2 aliphatic heterocycles. The van der Waals surface area contributed by atoms with E-state index in [1.807, 2.05) is 0 Å². The molecule has 0 aromatic rings. The summed E-state index contributed by atoms with van der Waals surface area (Å²) in [5.41, 5.74) is 0.612. The highest BCUT2D eigenvalue weighted by atomic mass is 16.5. The molecule has 1 N–H and O–H groups in total. The Morgan fingerprint density at radius 2 is 1.91 bits per heavy atom. The molecule has 22 heavy (non-hydrogen) atoms. The predicted octanol–water partition coefficient (Wildman–Crippen LogP) is 1.55. The molecule has 3 aliphatic rings. The van der Waals surface area contributed by atoms with Gasteiger partial charge in [-0.1, -0.05) is 12.8 Å². The standard InChI is InChI=1S/C17H32N4O/c1-2-18-16(19-8-10-20-11-13-22-14-12-20)21-9-7-17(15-21)5-3-4-6-17/h2-15H2,1H3,(H,18,19). The van der Waals surface area contributed by atoms with E-state index in [1.165, 1.54) is 45.2 Å². The fourth-order valence-electron chi connectivity index (χ4n) is 4.20. The van der Waals surface area contributed by atoms with Crippen LogP contribution in [0.5, 0.6) is 0 Å². The summed E-state index contributed by atoms with van der Waals surface area (Å²) in [5, 5.41) is 3.50. The summed E-state index contributed by atoms with van der Waals surface area (Å²) in [6.07, 6.45) is 7.07. The molecule has 0 unspecified atom stereocenters. The fraction of sp³-hybridized carbons (Fsp3) is 0.941. The predicted molar refractivity (Wildman–Crippen MR) is 90.3 cm³/mol. The highest BCUT2D eigenvalue weighted by molar-refractivity contribution is 5.80. The minimum absolute atomic E-state index is 0.612. The van der Waals surface area contributed by atoms with Crippen molar-refractivity contribution in [1.82, 2.24) is 15.1 Å². The second-order valence-corrected chi connectivity index (χ2v) is 7.07. The maximum Gasteiger partial charge on any atom is 0.193 e. The minimum Gasteiger partial charge on any atom is -0.379 e. The van der Waals surface area contributed by atoms with Crippen LogP contribution < -0.4 is 5.32 Å². The highest BCUT2D eigenvalue weighted by Crippen LogP contribution is 2.45. The van der Waals surface area contributed by atoms with E-state index in [4.69, 9.17) is 9.73 Å². The number of aliphatic imine (C=N–C) groups is 1. The summed E-state index contributed by atoms with van der Waals surface area (Å²) >= 11 is 0. The Bertz CT molecular complexity index is 373. The second kappa shape index (κ2) is 7.64. The van der Waals surface area contributed by atoms with Crippen LogP contribution in [-0.4, -0.2) is 74.8 Å². The van der Waals surface area contributed by atoms with Crippen LogP contribution in [-0.2, 0) is 4.74 Å². The summed E-state index contributed by atoms with van der Waals surface area (Å²) in [5.74, 6) is 1.14. The van der Waals surface area contributed by atoms with Crippen LogP contribution in [0, 0.1) is 5.41 Å². The molecule has 1 aliphatic carbocycles. The number of nitrogens with zero attached hydrogens (tertiary/aromatic N) is 3. The van der Waals surface area contributed by atoms with Crippen molar-refractivity contribution in [2.24, 2.45) is 10.4 Å². The lowest BCUT2D eigenvalue weighted by Gasteiger charge is -2.27. The molecule has 0 bridgehead atoms. The zero-order valence-corrected chi connectivity index (χ0v) is 14.1. The summed E-state index contributed by atoms with van der Waals surface area (Å²) < 4.78 is 5.40. The molecule has 126 valence electrons. The van der Waals surface area contributed by atoms with Crippen LogP contribution in [0.25, 0.3) is 0 Å². The van der Waals surface area contributed by atoms with Crippen LogP contribution >= 0.6 is 0 Å². The molecule has 2 heterocycles. The maximum atomic E-state index is 5.40. The van der Waals surface area contributed by atoms with E-state index in [2.05, 4.69) is 22.0 Å². The molecule has 5 nitrogen and oxygen atoms in total. The van der Waals surface area contributed by atoms with Crippen molar-refractivity contribution in [1.29, 1.82) is 0 Å². The third-order valence-corrected chi connectivity index (χ3v) is 5.52. The third kappa shape index (κ3) is 3.93. The van der Waals surface area contributed by atoms with Gasteiger partial charge in [0.25, 0.3) is 0 Å². The Morgan fingerprint density at radius 1 is 1.14 bits per heavy atom. The Hall–Kier alpha value is -0.810. The average Bonchev–Trinajstić information content (AvgIpc) is 3.18. The van der Waals surface area contributed by atoms with Gasteiger partial charge in [-0.3, -0.25) is 9.89 Å². The van der Waals surface area contributed by atoms with Crippen molar-refractivity contribution in [3.8, 4) is 0 Å². The zero-order chi connectivity index (χ0) is 15.3. The van der Waals surface area contributed by atoms with E-state index < -0.39 is 0 Å². The topological polar surface area (TPSA) is 40.1 Å². The lowest BCUT2D eigenvalue weighted by atomic mass is 9.86. The van der Waals surface area contributed by atoms with Gasteiger partial charge in [-0.2, -0.15) is 0 Å². The highest BCUT2D eigenvalue weighted by Gasteiger charge is 2.41. The van der Waals surface area contributed by atoms with Gasteiger partial charge in [-0.25, -0.2) is 0 Å². The minimum atomic E-state index is 0.612.